The minimum absolute atomic E-state index is 0.0386. The maximum Gasteiger partial charge on any atom is 0.238 e. The fourth-order valence-corrected chi connectivity index (χ4v) is 2.34. The minimum atomic E-state index is 0.0386. The van der Waals surface area contributed by atoms with Crippen LogP contribution in [0.1, 0.15) is 24.3 Å². The summed E-state index contributed by atoms with van der Waals surface area (Å²) in [5.41, 5.74) is 1.22. The highest BCUT2D eigenvalue weighted by atomic mass is 16.5. The maximum atomic E-state index is 11.8. The van der Waals surface area contributed by atoms with Crippen LogP contribution in [0.2, 0.25) is 0 Å². The number of benzene rings is 1. The van der Waals surface area contributed by atoms with E-state index in [0.29, 0.717) is 43.3 Å². The second-order valence-electron chi connectivity index (χ2n) is 5.43. The van der Waals surface area contributed by atoms with Crippen molar-refractivity contribution in [3.63, 3.8) is 0 Å². The highest BCUT2D eigenvalue weighted by Crippen LogP contribution is 2.16. The smallest absolute Gasteiger partial charge is 0.238 e. The Morgan fingerprint density at radius 3 is 2.75 bits per heavy atom. The molecule has 3 aromatic rings. The lowest BCUT2D eigenvalue weighted by molar-refractivity contribution is -0.121. The van der Waals surface area contributed by atoms with E-state index in [-0.39, 0.29) is 5.91 Å². The van der Waals surface area contributed by atoms with E-state index < -0.39 is 0 Å². The molecule has 0 aliphatic heterocycles. The Labute approximate surface area is 139 Å². The molecular weight excluding hydrogens is 306 g/mol. The third-order valence-corrected chi connectivity index (χ3v) is 3.58. The summed E-state index contributed by atoms with van der Waals surface area (Å²) in [6.45, 7) is 0.645. The molecule has 124 valence electrons. The van der Waals surface area contributed by atoms with Gasteiger partial charge in [-0.15, -0.1) is 0 Å². The molecule has 3 rings (SSSR count). The topological polar surface area (TPSA) is 81.2 Å². The number of nitrogens with one attached hydrogen (secondary N) is 1. The Hall–Kier alpha value is -2.89. The predicted molar refractivity (Wildman–Crippen MR) is 88.1 cm³/mol. The van der Waals surface area contributed by atoms with Crippen LogP contribution in [0.5, 0.6) is 0 Å². The lowest BCUT2D eigenvalue weighted by Gasteiger charge is -2.04. The van der Waals surface area contributed by atoms with Crippen molar-refractivity contribution in [2.45, 2.75) is 25.7 Å². The number of hydrogen-bond donors (Lipinski definition) is 1. The first-order valence-electron chi connectivity index (χ1n) is 7.98. The molecule has 2 aromatic heterocycles. The highest BCUT2D eigenvalue weighted by molar-refractivity contribution is 5.75. The van der Waals surface area contributed by atoms with Crippen LogP contribution < -0.4 is 5.32 Å². The van der Waals surface area contributed by atoms with Gasteiger partial charge in [-0.05, 0) is 30.5 Å². The average molecular weight is 325 g/mol. The Balaban J connectivity index is 1.35. The van der Waals surface area contributed by atoms with Gasteiger partial charge in [-0.25, -0.2) is 0 Å². The average Bonchev–Trinajstić information content (AvgIpc) is 3.27. The molecule has 0 spiro atoms. The van der Waals surface area contributed by atoms with E-state index in [1.165, 1.54) is 5.56 Å². The second kappa shape index (κ2) is 8.10. The monoisotopic (exact) mass is 325 g/mol. The molecule has 0 aliphatic carbocycles. The van der Waals surface area contributed by atoms with E-state index in [9.17, 15) is 4.79 Å². The summed E-state index contributed by atoms with van der Waals surface area (Å²) in [6, 6.07) is 13.6. The van der Waals surface area contributed by atoms with Gasteiger partial charge in [-0.3, -0.25) is 4.79 Å². The van der Waals surface area contributed by atoms with Crippen molar-refractivity contribution in [3.8, 4) is 11.6 Å². The number of hydrogen-bond acceptors (Lipinski definition) is 5. The first-order chi connectivity index (χ1) is 11.8. The number of rotatable bonds is 8. The summed E-state index contributed by atoms with van der Waals surface area (Å²) in [4.78, 5) is 16.1. The van der Waals surface area contributed by atoms with Gasteiger partial charge in [0.2, 0.25) is 17.6 Å². The van der Waals surface area contributed by atoms with Crippen molar-refractivity contribution in [2.75, 3.05) is 6.54 Å². The van der Waals surface area contributed by atoms with E-state index >= 15 is 0 Å². The first-order valence-corrected chi connectivity index (χ1v) is 7.98. The summed E-state index contributed by atoms with van der Waals surface area (Å²) in [7, 11) is 0. The van der Waals surface area contributed by atoms with E-state index in [1.54, 1.807) is 18.4 Å². The maximum absolute atomic E-state index is 11.8. The van der Waals surface area contributed by atoms with Crippen molar-refractivity contribution in [2.24, 2.45) is 0 Å². The molecule has 2 heterocycles. The molecule has 24 heavy (non-hydrogen) atoms. The van der Waals surface area contributed by atoms with Crippen molar-refractivity contribution in [3.05, 3.63) is 60.2 Å². The fourth-order valence-electron chi connectivity index (χ4n) is 2.34. The van der Waals surface area contributed by atoms with Crippen molar-refractivity contribution >= 4 is 5.91 Å². The Kier molecular flexibility index (Phi) is 5.40. The third kappa shape index (κ3) is 4.55. The van der Waals surface area contributed by atoms with Crippen molar-refractivity contribution in [1.82, 2.24) is 15.5 Å². The number of furan rings is 1. The predicted octanol–water partition coefficient (Wildman–Crippen LogP) is 3.01. The van der Waals surface area contributed by atoms with Gasteiger partial charge in [0.05, 0.1) is 6.26 Å². The normalized spacial score (nSPS) is 10.7. The molecular formula is C18H19N3O3. The number of carbonyl (C=O) groups is 1. The van der Waals surface area contributed by atoms with Crippen LogP contribution in [0.25, 0.3) is 11.6 Å². The van der Waals surface area contributed by atoms with Crippen LogP contribution in [-0.2, 0) is 17.6 Å². The fraction of sp³-hybridized carbons (Fsp3) is 0.278. The third-order valence-electron chi connectivity index (χ3n) is 3.58. The summed E-state index contributed by atoms with van der Waals surface area (Å²) in [6.07, 6.45) is 4.07. The molecule has 0 fully saturated rings. The molecule has 0 atom stereocenters. The van der Waals surface area contributed by atoms with Crippen molar-refractivity contribution in [1.29, 1.82) is 0 Å². The quantitative estimate of drug-likeness (QED) is 0.688. The van der Waals surface area contributed by atoms with E-state index in [2.05, 4.69) is 27.6 Å². The molecule has 6 nitrogen and oxygen atoms in total. The number of nitrogens with zero attached hydrogens (tertiary/aromatic N) is 2. The zero-order valence-corrected chi connectivity index (χ0v) is 13.3. The molecule has 1 N–H and O–H groups in total. The molecule has 0 unspecified atom stereocenters. The zero-order valence-electron chi connectivity index (χ0n) is 13.3. The van der Waals surface area contributed by atoms with Gasteiger partial charge in [0, 0.05) is 19.4 Å². The Bertz CT molecular complexity index is 751. The van der Waals surface area contributed by atoms with Gasteiger partial charge in [0.1, 0.15) is 0 Å². The number of amides is 1. The molecule has 1 aromatic carbocycles. The van der Waals surface area contributed by atoms with Gasteiger partial charge in [0.15, 0.2) is 5.76 Å². The van der Waals surface area contributed by atoms with Crippen LogP contribution in [0, 0.1) is 0 Å². The molecule has 0 radical (unpaired) electrons. The van der Waals surface area contributed by atoms with E-state index in [1.807, 2.05) is 18.2 Å². The summed E-state index contributed by atoms with van der Waals surface area (Å²) in [5.74, 6) is 1.56. The highest BCUT2D eigenvalue weighted by Gasteiger charge is 2.11. The SMILES string of the molecule is O=C(CCCc1nc(-c2ccco2)no1)NCCc1ccccc1. The summed E-state index contributed by atoms with van der Waals surface area (Å²) < 4.78 is 10.4. The van der Waals surface area contributed by atoms with Crippen LogP contribution in [-0.4, -0.2) is 22.6 Å². The summed E-state index contributed by atoms with van der Waals surface area (Å²) in [5, 5.41) is 6.78. The lowest BCUT2D eigenvalue weighted by Crippen LogP contribution is -2.25. The first kappa shape index (κ1) is 16.0. The van der Waals surface area contributed by atoms with Crippen LogP contribution in [0.3, 0.4) is 0 Å². The van der Waals surface area contributed by atoms with Gasteiger partial charge < -0.3 is 14.3 Å². The molecule has 0 saturated heterocycles. The van der Waals surface area contributed by atoms with Gasteiger partial charge in [0.25, 0.3) is 0 Å². The Morgan fingerprint density at radius 2 is 1.96 bits per heavy atom. The van der Waals surface area contributed by atoms with Gasteiger partial charge in [-0.1, -0.05) is 35.5 Å². The van der Waals surface area contributed by atoms with Crippen LogP contribution in [0.4, 0.5) is 0 Å². The standard InChI is InChI=1S/C18H19N3O3/c22-16(19-12-11-14-6-2-1-3-7-14)9-4-10-17-20-18(21-24-17)15-8-5-13-23-15/h1-3,5-8,13H,4,9-12H2,(H,19,22). The molecule has 1 amide bonds. The van der Waals surface area contributed by atoms with Crippen LogP contribution in [0.15, 0.2) is 57.7 Å². The minimum Gasteiger partial charge on any atom is -0.461 e. The lowest BCUT2D eigenvalue weighted by atomic mass is 10.1. The largest absolute Gasteiger partial charge is 0.461 e. The number of aryl methyl sites for hydroxylation is 1. The van der Waals surface area contributed by atoms with E-state index in [0.717, 1.165) is 6.42 Å². The molecule has 0 bridgehead atoms. The zero-order chi connectivity index (χ0) is 16.6. The van der Waals surface area contributed by atoms with E-state index in [4.69, 9.17) is 8.94 Å². The molecule has 0 saturated carbocycles. The Morgan fingerprint density at radius 1 is 1.08 bits per heavy atom. The van der Waals surface area contributed by atoms with Gasteiger partial charge in [-0.2, -0.15) is 4.98 Å². The van der Waals surface area contributed by atoms with Gasteiger partial charge >= 0.3 is 0 Å². The molecule has 0 aliphatic rings. The van der Waals surface area contributed by atoms with Crippen molar-refractivity contribution < 1.29 is 13.7 Å². The number of aromatic nitrogens is 2. The second-order valence-corrected chi connectivity index (χ2v) is 5.43. The summed E-state index contributed by atoms with van der Waals surface area (Å²) >= 11 is 0. The van der Waals surface area contributed by atoms with Crippen LogP contribution >= 0.6 is 0 Å². The molecule has 6 heteroatoms. The number of carbonyl (C=O) groups excluding carboxylic acids is 1.